The highest BCUT2D eigenvalue weighted by atomic mass is 32.2. The second-order valence-corrected chi connectivity index (χ2v) is 11.8. The minimum atomic E-state index is -3.76. The summed E-state index contributed by atoms with van der Waals surface area (Å²) < 4.78 is 31.8. The fourth-order valence-corrected chi connectivity index (χ4v) is 5.41. The molecule has 8 nitrogen and oxygen atoms in total. The molecular formula is C28H39N3O5S. The Bertz CT molecular complexity index is 1190. The Kier molecular flexibility index (Phi) is 9.59. The fraction of sp³-hybridized carbons (Fsp3) is 0.500. The van der Waals surface area contributed by atoms with E-state index in [2.05, 4.69) is 5.32 Å². The molecule has 1 atom stereocenters. The number of anilines is 1. The van der Waals surface area contributed by atoms with E-state index in [-0.39, 0.29) is 18.5 Å². The first kappa shape index (κ1) is 28.5. The van der Waals surface area contributed by atoms with Crippen LogP contribution < -0.4 is 14.4 Å². The predicted octanol–water partition coefficient (Wildman–Crippen LogP) is 3.94. The average molecular weight is 530 g/mol. The van der Waals surface area contributed by atoms with Crippen LogP contribution in [0.25, 0.3) is 0 Å². The number of methoxy groups -OCH3 is 1. The molecule has 0 bridgehead atoms. The third kappa shape index (κ3) is 7.71. The van der Waals surface area contributed by atoms with Crippen LogP contribution in [0.15, 0.2) is 42.5 Å². The fourth-order valence-electron chi connectivity index (χ4n) is 4.57. The van der Waals surface area contributed by atoms with Gasteiger partial charge in [-0.25, -0.2) is 8.42 Å². The molecule has 0 spiro atoms. The normalized spacial score (nSPS) is 15.1. The van der Waals surface area contributed by atoms with Crippen molar-refractivity contribution in [2.24, 2.45) is 0 Å². The van der Waals surface area contributed by atoms with Crippen molar-refractivity contribution in [1.82, 2.24) is 10.2 Å². The van der Waals surface area contributed by atoms with Crippen LogP contribution in [-0.4, -0.2) is 57.1 Å². The van der Waals surface area contributed by atoms with Crippen molar-refractivity contribution in [3.8, 4) is 5.75 Å². The molecule has 9 heteroatoms. The van der Waals surface area contributed by atoms with Crippen molar-refractivity contribution in [3.05, 3.63) is 59.2 Å². The number of hydrogen-bond donors (Lipinski definition) is 1. The van der Waals surface area contributed by atoms with Crippen molar-refractivity contribution in [1.29, 1.82) is 0 Å². The SMILES string of the molecule is COc1ccc(CN(C(=O)CN(c2ccc(C)c(C)c2)S(C)(=O)=O)[C@H](C)C(=O)NC2CCCCC2)cc1. The number of carbonyl (C=O) groups is 2. The summed E-state index contributed by atoms with van der Waals surface area (Å²) in [5.41, 5.74) is 3.18. The first-order valence-electron chi connectivity index (χ1n) is 12.8. The molecule has 37 heavy (non-hydrogen) atoms. The number of nitrogens with zero attached hydrogens (tertiary/aromatic N) is 2. The van der Waals surface area contributed by atoms with E-state index in [9.17, 15) is 18.0 Å². The van der Waals surface area contributed by atoms with Gasteiger partial charge in [0.25, 0.3) is 0 Å². The van der Waals surface area contributed by atoms with Crippen LogP contribution in [0.3, 0.4) is 0 Å². The summed E-state index contributed by atoms with van der Waals surface area (Å²) in [7, 11) is -2.18. The second-order valence-electron chi connectivity index (χ2n) is 9.93. The van der Waals surface area contributed by atoms with E-state index in [0.717, 1.165) is 52.9 Å². The molecular weight excluding hydrogens is 490 g/mol. The first-order chi connectivity index (χ1) is 17.5. The van der Waals surface area contributed by atoms with Crippen LogP contribution in [0, 0.1) is 13.8 Å². The summed E-state index contributed by atoms with van der Waals surface area (Å²) in [6.07, 6.45) is 6.27. The zero-order valence-corrected chi connectivity index (χ0v) is 23.3. The standard InChI is InChI=1S/C28H39N3O5S/c1-20-11-14-25(17-21(20)2)31(37(5,34)35)19-27(32)30(18-23-12-15-26(36-4)16-13-23)22(3)28(33)29-24-9-7-6-8-10-24/h11-17,22,24H,6-10,18-19H2,1-5H3,(H,29,33)/t22-/m1/s1. The topological polar surface area (TPSA) is 96.0 Å². The van der Waals surface area contributed by atoms with Gasteiger partial charge in [-0.3, -0.25) is 13.9 Å². The van der Waals surface area contributed by atoms with Crippen molar-refractivity contribution in [2.75, 3.05) is 24.2 Å². The van der Waals surface area contributed by atoms with Crippen LogP contribution in [0.2, 0.25) is 0 Å². The summed E-state index contributed by atoms with van der Waals surface area (Å²) in [6, 6.07) is 11.9. The Morgan fingerprint density at radius 2 is 1.68 bits per heavy atom. The number of nitrogens with one attached hydrogen (secondary N) is 1. The molecule has 0 heterocycles. The quantitative estimate of drug-likeness (QED) is 0.503. The minimum Gasteiger partial charge on any atom is -0.497 e. The lowest BCUT2D eigenvalue weighted by Gasteiger charge is -2.33. The summed E-state index contributed by atoms with van der Waals surface area (Å²) >= 11 is 0. The number of benzene rings is 2. The summed E-state index contributed by atoms with van der Waals surface area (Å²) in [6.45, 7) is 5.29. The highest BCUT2D eigenvalue weighted by Crippen LogP contribution is 2.23. The third-order valence-electron chi connectivity index (χ3n) is 7.09. The maximum Gasteiger partial charge on any atom is 0.244 e. The van der Waals surface area contributed by atoms with Crippen molar-refractivity contribution in [3.63, 3.8) is 0 Å². The highest BCUT2D eigenvalue weighted by Gasteiger charge is 2.31. The number of aryl methyl sites for hydroxylation is 2. The van der Waals surface area contributed by atoms with E-state index >= 15 is 0 Å². The molecule has 1 saturated carbocycles. The predicted molar refractivity (Wildman–Crippen MR) is 146 cm³/mol. The average Bonchev–Trinajstić information content (AvgIpc) is 2.87. The molecule has 0 aliphatic heterocycles. The number of sulfonamides is 1. The van der Waals surface area contributed by atoms with Crippen molar-refractivity contribution < 1.29 is 22.7 Å². The highest BCUT2D eigenvalue weighted by molar-refractivity contribution is 7.92. The molecule has 0 unspecified atom stereocenters. The maximum absolute atomic E-state index is 13.7. The zero-order valence-electron chi connectivity index (χ0n) is 22.5. The van der Waals surface area contributed by atoms with Gasteiger partial charge in [0.05, 0.1) is 19.1 Å². The van der Waals surface area contributed by atoms with Gasteiger partial charge in [0.2, 0.25) is 21.8 Å². The first-order valence-corrected chi connectivity index (χ1v) is 14.6. The van der Waals surface area contributed by atoms with Gasteiger partial charge in [0.1, 0.15) is 18.3 Å². The lowest BCUT2D eigenvalue weighted by molar-refractivity contribution is -0.139. The van der Waals surface area contributed by atoms with E-state index < -0.39 is 28.5 Å². The van der Waals surface area contributed by atoms with Crippen LogP contribution in [-0.2, 0) is 26.2 Å². The van der Waals surface area contributed by atoms with Crippen molar-refractivity contribution >= 4 is 27.5 Å². The molecule has 2 aromatic rings. The molecule has 202 valence electrons. The third-order valence-corrected chi connectivity index (χ3v) is 8.23. The Labute approximate surface area is 221 Å². The Morgan fingerprint density at radius 1 is 1.03 bits per heavy atom. The molecule has 0 radical (unpaired) electrons. The van der Waals surface area contributed by atoms with E-state index in [4.69, 9.17) is 4.74 Å². The van der Waals surface area contributed by atoms with Crippen LogP contribution in [0.5, 0.6) is 5.75 Å². The molecule has 0 aromatic heterocycles. The second kappa shape index (κ2) is 12.4. The molecule has 2 aromatic carbocycles. The number of carbonyl (C=O) groups excluding carboxylic acids is 2. The number of rotatable bonds is 10. The molecule has 0 saturated heterocycles. The van der Waals surface area contributed by atoms with E-state index in [1.54, 1.807) is 38.3 Å². The van der Waals surface area contributed by atoms with Gasteiger partial charge in [-0.05, 0) is 74.6 Å². The van der Waals surface area contributed by atoms with Gasteiger partial charge in [-0.1, -0.05) is 37.5 Å². The monoisotopic (exact) mass is 529 g/mol. The molecule has 1 N–H and O–H groups in total. The van der Waals surface area contributed by atoms with E-state index in [1.165, 1.54) is 11.3 Å². The van der Waals surface area contributed by atoms with Crippen LogP contribution in [0.4, 0.5) is 5.69 Å². The van der Waals surface area contributed by atoms with Gasteiger partial charge in [0, 0.05) is 12.6 Å². The van der Waals surface area contributed by atoms with Gasteiger partial charge >= 0.3 is 0 Å². The number of ether oxygens (including phenoxy) is 1. The molecule has 1 aliphatic carbocycles. The lowest BCUT2D eigenvalue weighted by atomic mass is 9.95. The Hall–Kier alpha value is -3.07. The van der Waals surface area contributed by atoms with Crippen LogP contribution in [0.1, 0.15) is 55.7 Å². The molecule has 1 aliphatic rings. The van der Waals surface area contributed by atoms with Gasteiger partial charge in [-0.2, -0.15) is 0 Å². The largest absolute Gasteiger partial charge is 0.497 e. The van der Waals surface area contributed by atoms with E-state index in [1.807, 2.05) is 32.0 Å². The molecule has 2 amide bonds. The molecule has 1 fully saturated rings. The molecule has 3 rings (SSSR count). The number of hydrogen-bond acceptors (Lipinski definition) is 5. The van der Waals surface area contributed by atoms with Gasteiger partial charge in [-0.15, -0.1) is 0 Å². The van der Waals surface area contributed by atoms with Gasteiger partial charge in [0.15, 0.2) is 0 Å². The summed E-state index contributed by atoms with van der Waals surface area (Å²) in [5, 5.41) is 3.10. The van der Waals surface area contributed by atoms with E-state index in [0.29, 0.717) is 11.4 Å². The number of amides is 2. The Morgan fingerprint density at radius 3 is 2.24 bits per heavy atom. The van der Waals surface area contributed by atoms with Gasteiger partial charge < -0.3 is 15.0 Å². The summed E-state index contributed by atoms with van der Waals surface area (Å²) in [5.74, 6) is -0.000628. The zero-order chi connectivity index (χ0) is 27.2. The smallest absolute Gasteiger partial charge is 0.244 e. The maximum atomic E-state index is 13.7. The van der Waals surface area contributed by atoms with Crippen molar-refractivity contribution in [2.45, 2.75) is 71.5 Å². The Balaban J connectivity index is 1.88. The van der Waals surface area contributed by atoms with Crippen LogP contribution >= 0.6 is 0 Å². The summed E-state index contributed by atoms with van der Waals surface area (Å²) in [4.78, 5) is 28.4. The minimum absolute atomic E-state index is 0.102. The lowest BCUT2D eigenvalue weighted by Crippen LogP contribution is -2.52.